The summed E-state index contributed by atoms with van der Waals surface area (Å²) in [4.78, 5) is 52.2. The second-order valence-corrected chi connectivity index (χ2v) is 10.2. The lowest BCUT2D eigenvalue weighted by Gasteiger charge is -2.37. The number of hydrogen-bond acceptors (Lipinski definition) is 7. The van der Waals surface area contributed by atoms with E-state index in [0.717, 1.165) is 0 Å². The molecule has 2 amide bonds. The summed E-state index contributed by atoms with van der Waals surface area (Å²) < 4.78 is 11.9. The average molecular weight is 467 g/mol. The van der Waals surface area contributed by atoms with Crippen LogP contribution in [0.15, 0.2) is 17.1 Å². The van der Waals surface area contributed by atoms with Crippen molar-refractivity contribution in [3.05, 3.63) is 22.7 Å². The topological polar surface area (TPSA) is 149 Å². The Hall–Kier alpha value is -3.11. The normalized spacial score (nSPS) is 21.1. The number of aliphatic carboxylic acids is 1. The van der Waals surface area contributed by atoms with E-state index in [0.29, 0.717) is 19.3 Å². The minimum absolute atomic E-state index is 0.0227. The summed E-state index contributed by atoms with van der Waals surface area (Å²) in [6, 6.07) is 0.499. The Morgan fingerprint density at radius 2 is 1.70 bits per heavy atom. The SMILES string of the molecule is CC(C)(C)OC(=O)Nc1ccn([C@@H]2CC[C@@H](CC(=O)O)C[C@H]2NC(=O)OC(C)(C)C)c(=O)n1. The first kappa shape index (κ1) is 26.1. The molecule has 0 radical (unpaired) electrons. The molecule has 1 aromatic rings. The fourth-order valence-corrected chi connectivity index (χ4v) is 3.76. The third-order valence-corrected chi connectivity index (χ3v) is 4.90. The first-order valence-electron chi connectivity index (χ1n) is 10.9. The van der Waals surface area contributed by atoms with Crippen LogP contribution in [0.5, 0.6) is 0 Å². The summed E-state index contributed by atoms with van der Waals surface area (Å²) in [5.74, 6) is -1.01. The molecule has 2 rings (SSSR count). The van der Waals surface area contributed by atoms with Gasteiger partial charge >= 0.3 is 23.8 Å². The van der Waals surface area contributed by atoms with Crippen molar-refractivity contribution < 1.29 is 29.0 Å². The Bertz CT molecular complexity index is 930. The van der Waals surface area contributed by atoms with E-state index in [2.05, 4.69) is 15.6 Å². The molecule has 1 aliphatic rings. The van der Waals surface area contributed by atoms with E-state index in [1.54, 1.807) is 41.5 Å². The molecule has 1 fully saturated rings. The molecule has 3 N–H and O–H groups in total. The van der Waals surface area contributed by atoms with Crippen molar-refractivity contribution in [3.63, 3.8) is 0 Å². The van der Waals surface area contributed by atoms with Crippen molar-refractivity contribution >= 4 is 24.0 Å². The third kappa shape index (κ3) is 8.74. The van der Waals surface area contributed by atoms with Crippen molar-refractivity contribution in [1.82, 2.24) is 14.9 Å². The van der Waals surface area contributed by atoms with Crippen molar-refractivity contribution in [3.8, 4) is 0 Å². The van der Waals surface area contributed by atoms with E-state index in [9.17, 15) is 19.2 Å². The molecule has 0 aliphatic heterocycles. The van der Waals surface area contributed by atoms with E-state index in [-0.39, 0.29) is 18.2 Å². The van der Waals surface area contributed by atoms with Gasteiger partial charge in [0.1, 0.15) is 17.0 Å². The van der Waals surface area contributed by atoms with Gasteiger partial charge in [0.25, 0.3) is 0 Å². The van der Waals surface area contributed by atoms with E-state index < -0.39 is 47.1 Å². The standard InChI is InChI=1S/C22H34N4O7/c1-21(2,3)32-19(30)23-14-11-13(12-17(27)28)7-8-15(14)26-10-9-16(24-18(26)29)25-20(31)33-22(4,5)6/h9-10,13-15H,7-8,11-12H2,1-6H3,(H,23,30)(H,27,28)(H,24,25,29,31)/t13-,14-,15-/m1/s1. The summed E-state index contributed by atoms with van der Waals surface area (Å²) in [5.41, 5.74) is -2.02. The number of carbonyl (C=O) groups is 3. The van der Waals surface area contributed by atoms with Crippen molar-refractivity contribution in [1.29, 1.82) is 0 Å². The van der Waals surface area contributed by atoms with Gasteiger partial charge in [0.2, 0.25) is 0 Å². The number of anilines is 1. The van der Waals surface area contributed by atoms with E-state index in [1.165, 1.54) is 16.8 Å². The summed E-state index contributed by atoms with van der Waals surface area (Å²) in [6.45, 7) is 10.4. The molecule has 0 unspecified atom stereocenters. The molecule has 33 heavy (non-hydrogen) atoms. The highest BCUT2D eigenvalue weighted by atomic mass is 16.6. The lowest BCUT2D eigenvalue weighted by atomic mass is 9.80. The predicted molar refractivity (Wildman–Crippen MR) is 120 cm³/mol. The Labute approximate surface area is 192 Å². The first-order chi connectivity index (χ1) is 15.1. The number of ether oxygens (including phenoxy) is 2. The van der Waals surface area contributed by atoms with Crippen LogP contribution in [-0.2, 0) is 14.3 Å². The lowest BCUT2D eigenvalue weighted by molar-refractivity contribution is -0.138. The highest BCUT2D eigenvalue weighted by molar-refractivity contribution is 5.83. The highest BCUT2D eigenvalue weighted by Crippen LogP contribution is 2.34. The minimum atomic E-state index is -0.911. The number of aromatic nitrogens is 2. The monoisotopic (exact) mass is 466 g/mol. The van der Waals surface area contributed by atoms with E-state index in [4.69, 9.17) is 14.6 Å². The van der Waals surface area contributed by atoms with Crippen LogP contribution in [0.4, 0.5) is 15.4 Å². The number of hydrogen-bond donors (Lipinski definition) is 3. The summed E-state index contributed by atoms with van der Waals surface area (Å²) >= 11 is 0. The van der Waals surface area contributed by atoms with Crippen LogP contribution in [0.3, 0.4) is 0 Å². The number of carboxylic acid groups (broad SMARTS) is 1. The molecule has 0 bridgehead atoms. The molecule has 0 spiro atoms. The number of carboxylic acids is 1. The second kappa shape index (κ2) is 10.2. The van der Waals surface area contributed by atoms with Gasteiger partial charge in [0.15, 0.2) is 0 Å². The molecule has 11 heteroatoms. The molecular formula is C22H34N4O7. The van der Waals surface area contributed by atoms with Gasteiger partial charge in [-0.15, -0.1) is 0 Å². The fraction of sp³-hybridized carbons (Fsp3) is 0.682. The first-order valence-corrected chi connectivity index (χ1v) is 10.9. The molecular weight excluding hydrogens is 432 g/mol. The zero-order valence-corrected chi connectivity index (χ0v) is 20.0. The Balaban J connectivity index is 2.21. The van der Waals surface area contributed by atoms with Gasteiger partial charge in [-0.05, 0) is 72.8 Å². The number of alkyl carbamates (subject to hydrolysis) is 1. The average Bonchev–Trinajstić information content (AvgIpc) is 2.59. The van der Waals surface area contributed by atoms with Gasteiger partial charge in [0, 0.05) is 12.6 Å². The van der Waals surface area contributed by atoms with Crippen LogP contribution < -0.4 is 16.3 Å². The lowest BCUT2D eigenvalue weighted by Crippen LogP contribution is -2.49. The van der Waals surface area contributed by atoms with Crippen LogP contribution in [0.1, 0.15) is 73.3 Å². The summed E-state index contributed by atoms with van der Waals surface area (Å²) in [5, 5.41) is 14.4. The van der Waals surface area contributed by atoms with Crippen molar-refractivity contribution in [2.24, 2.45) is 5.92 Å². The Morgan fingerprint density at radius 1 is 1.09 bits per heavy atom. The van der Waals surface area contributed by atoms with Crippen LogP contribution in [-0.4, -0.2) is 50.1 Å². The van der Waals surface area contributed by atoms with Crippen molar-refractivity contribution in [2.45, 2.75) is 90.5 Å². The maximum absolute atomic E-state index is 12.7. The molecule has 1 aliphatic carbocycles. The smallest absolute Gasteiger partial charge is 0.413 e. The van der Waals surface area contributed by atoms with Crippen molar-refractivity contribution in [2.75, 3.05) is 5.32 Å². The zero-order valence-electron chi connectivity index (χ0n) is 20.0. The molecule has 0 aromatic carbocycles. The number of nitrogens with zero attached hydrogens (tertiary/aromatic N) is 2. The van der Waals surface area contributed by atoms with Crippen LogP contribution in [0, 0.1) is 5.92 Å². The zero-order chi connectivity index (χ0) is 25.0. The number of rotatable bonds is 5. The number of nitrogens with one attached hydrogen (secondary N) is 2. The molecule has 0 saturated heterocycles. The van der Waals surface area contributed by atoms with Gasteiger partial charge in [-0.2, -0.15) is 4.98 Å². The fourth-order valence-electron chi connectivity index (χ4n) is 3.76. The molecule has 1 aromatic heterocycles. The van der Waals surface area contributed by atoms with Crippen LogP contribution in [0.25, 0.3) is 0 Å². The minimum Gasteiger partial charge on any atom is -0.481 e. The van der Waals surface area contributed by atoms with E-state index >= 15 is 0 Å². The molecule has 3 atom stereocenters. The quantitative estimate of drug-likeness (QED) is 0.598. The largest absolute Gasteiger partial charge is 0.481 e. The molecule has 1 heterocycles. The molecule has 1 saturated carbocycles. The van der Waals surface area contributed by atoms with Gasteiger partial charge in [-0.1, -0.05) is 0 Å². The second-order valence-electron chi connectivity index (χ2n) is 10.2. The molecule has 11 nitrogen and oxygen atoms in total. The van der Waals surface area contributed by atoms with Gasteiger partial charge in [-0.25, -0.2) is 14.4 Å². The maximum Gasteiger partial charge on any atom is 0.413 e. The number of amides is 2. The molecule has 184 valence electrons. The maximum atomic E-state index is 12.7. The van der Waals surface area contributed by atoms with Gasteiger partial charge in [-0.3, -0.25) is 14.7 Å². The van der Waals surface area contributed by atoms with Crippen LogP contribution >= 0.6 is 0 Å². The summed E-state index contributed by atoms with van der Waals surface area (Å²) in [7, 11) is 0. The third-order valence-electron chi connectivity index (χ3n) is 4.90. The Morgan fingerprint density at radius 3 is 2.24 bits per heavy atom. The van der Waals surface area contributed by atoms with Gasteiger partial charge < -0.3 is 19.9 Å². The summed E-state index contributed by atoms with van der Waals surface area (Å²) in [6.07, 6.45) is 1.52. The van der Waals surface area contributed by atoms with Crippen LogP contribution in [0.2, 0.25) is 0 Å². The van der Waals surface area contributed by atoms with E-state index in [1.807, 2.05) is 0 Å². The van der Waals surface area contributed by atoms with Gasteiger partial charge in [0.05, 0.1) is 12.1 Å². The number of carbonyl (C=O) groups excluding carboxylic acids is 2. The highest BCUT2D eigenvalue weighted by Gasteiger charge is 2.35. The Kier molecular flexibility index (Phi) is 8.10. The predicted octanol–water partition coefficient (Wildman–Crippen LogP) is 3.30.